The molecule has 1 aliphatic heterocycles. The van der Waals surface area contributed by atoms with Crippen LogP contribution in [0.3, 0.4) is 0 Å². The van der Waals surface area contributed by atoms with Crippen LogP contribution in [-0.2, 0) is 21.4 Å². The number of hydrogen-bond acceptors (Lipinski definition) is 5. The predicted octanol–water partition coefficient (Wildman–Crippen LogP) is 2.51. The van der Waals surface area contributed by atoms with Gasteiger partial charge in [0.25, 0.3) is 0 Å². The number of para-hydroxylation sites is 1. The standard InChI is InChI=1S/C20H24N2O4S/c1-16-14-21(15-18-8-6-7-11-20(18)26-17(2)23)12-13-22(16)27(24,25)19-9-4-3-5-10-19/h3-11,16H,12-15H2,1-2H3/t16-/m0/s1. The summed E-state index contributed by atoms with van der Waals surface area (Å²) in [4.78, 5) is 13.8. The molecule has 0 unspecified atom stereocenters. The van der Waals surface area contributed by atoms with Crippen LogP contribution in [0.2, 0.25) is 0 Å². The maximum absolute atomic E-state index is 12.9. The lowest BCUT2D eigenvalue weighted by molar-refractivity contribution is -0.131. The average Bonchev–Trinajstić information content (AvgIpc) is 2.63. The molecule has 0 aliphatic carbocycles. The third-order valence-corrected chi connectivity index (χ3v) is 6.65. The van der Waals surface area contributed by atoms with E-state index in [-0.39, 0.29) is 12.0 Å². The van der Waals surface area contributed by atoms with Crippen molar-refractivity contribution in [3.8, 4) is 5.75 Å². The van der Waals surface area contributed by atoms with Crippen molar-refractivity contribution in [3.05, 3.63) is 60.2 Å². The zero-order chi connectivity index (χ0) is 19.4. The number of ether oxygens (including phenoxy) is 1. The number of sulfonamides is 1. The lowest BCUT2D eigenvalue weighted by Crippen LogP contribution is -2.53. The summed E-state index contributed by atoms with van der Waals surface area (Å²) in [5.74, 6) is 0.201. The van der Waals surface area contributed by atoms with Crippen LogP contribution >= 0.6 is 0 Å². The molecule has 0 saturated carbocycles. The van der Waals surface area contributed by atoms with Gasteiger partial charge in [0.15, 0.2) is 0 Å². The first kappa shape index (κ1) is 19.5. The summed E-state index contributed by atoms with van der Waals surface area (Å²) in [6.07, 6.45) is 0. The molecule has 0 N–H and O–H groups in total. The molecule has 2 aromatic rings. The third kappa shape index (κ3) is 4.55. The minimum Gasteiger partial charge on any atom is -0.426 e. The van der Waals surface area contributed by atoms with E-state index in [0.29, 0.717) is 36.8 Å². The van der Waals surface area contributed by atoms with Crippen molar-refractivity contribution in [3.63, 3.8) is 0 Å². The second kappa shape index (κ2) is 8.21. The normalized spacial score (nSPS) is 19.0. The van der Waals surface area contributed by atoms with Gasteiger partial charge in [0.05, 0.1) is 4.90 Å². The monoisotopic (exact) mass is 388 g/mol. The zero-order valence-electron chi connectivity index (χ0n) is 15.5. The molecule has 0 radical (unpaired) electrons. The van der Waals surface area contributed by atoms with Crippen LogP contribution < -0.4 is 4.74 Å². The molecule has 0 aromatic heterocycles. The van der Waals surface area contributed by atoms with Crippen molar-refractivity contribution in [2.24, 2.45) is 0 Å². The molecule has 1 aliphatic rings. The number of piperazine rings is 1. The maximum atomic E-state index is 12.9. The average molecular weight is 388 g/mol. The van der Waals surface area contributed by atoms with Crippen molar-refractivity contribution in [2.45, 2.75) is 31.3 Å². The van der Waals surface area contributed by atoms with Gasteiger partial charge in [-0.2, -0.15) is 4.31 Å². The van der Waals surface area contributed by atoms with Gasteiger partial charge in [0.1, 0.15) is 5.75 Å². The highest BCUT2D eigenvalue weighted by molar-refractivity contribution is 7.89. The summed E-state index contributed by atoms with van der Waals surface area (Å²) in [5.41, 5.74) is 0.916. The number of carbonyl (C=O) groups is 1. The Morgan fingerprint density at radius 1 is 1.07 bits per heavy atom. The molecule has 3 rings (SSSR count). The summed E-state index contributed by atoms with van der Waals surface area (Å²) < 4.78 is 32.6. The fourth-order valence-corrected chi connectivity index (χ4v) is 5.01. The first-order valence-corrected chi connectivity index (χ1v) is 10.4. The van der Waals surface area contributed by atoms with Crippen LogP contribution in [-0.4, -0.2) is 49.3 Å². The number of hydrogen-bond donors (Lipinski definition) is 0. The quantitative estimate of drug-likeness (QED) is 0.582. The molecule has 1 heterocycles. The Bertz CT molecular complexity index is 899. The van der Waals surface area contributed by atoms with E-state index in [2.05, 4.69) is 4.90 Å². The first-order valence-electron chi connectivity index (χ1n) is 8.93. The van der Waals surface area contributed by atoms with E-state index in [1.165, 1.54) is 6.92 Å². The number of carbonyl (C=O) groups excluding carboxylic acids is 1. The fourth-order valence-electron chi connectivity index (χ4n) is 3.37. The van der Waals surface area contributed by atoms with Gasteiger partial charge in [-0.25, -0.2) is 8.42 Å². The molecule has 1 atom stereocenters. The molecular weight excluding hydrogens is 364 g/mol. The SMILES string of the molecule is CC(=O)Oc1ccccc1CN1CCN(S(=O)(=O)c2ccccc2)[C@@H](C)C1. The summed E-state index contributed by atoms with van der Waals surface area (Å²) in [5, 5.41) is 0. The van der Waals surface area contributed by atoms with Gasteiger partial charge in [-0.1, -0.05) is 36.4 Å². The molecule has 6 nitrogen and oxygen atoms in total. The molecule has 27 heavy (non-hydrogen) atoms. The van der Waals surface area contributed by atoms with E-state index in [1.807, 2.05) is 25.1 Å². The van der Waals surface area contributed by atoms with Crippen LogP contribution in [0.1, 0.15) is 19.4 Å². The molecule has 7 heteroatoms. The Morgan fingerprint density at radius 3 is 2.41 bits per heavy atom. The third-order valence-electron chi connectivity index (χ3n) is 4.62. The van der Waals surface area contributed by atoms with Crippen molar-refractivity contribution in [1.29, 1.82) is 0 Å². The smallest absolute Gasteiger partial charge is 0.308 e. The summed E-state index contributed by atoms with van der Waals surface area (Å²) in [7, 11) is -3.49. The summed E-state index contributed by atoms with van der Waals surface area (Å²) in [6.45, 7) is 5.56. The van der Waals surface area contributed by atoms with Crippen molar-refractivity contribution in [2.75, 3.05) is 19.6 Å². The van der Waals surface area contributed by atoms with E-state index >= 15 is 0 Å². The van der Waals surface area contributed by atoms with Gasteiger partial charge in [0, 0.05) is 44.7 Å². The largest absolute Gasteiger partial charge is 0.426 e. The van der Waals surface area contributed by atoms with Crippen LogP contribution in [0.25, 0.3) is 0 Å². The summed E-state index contributed by atoms with van der Waals surface area (Å²) >= 11 is 0. The molecule has 2 aromatic carbocycles. The van der Waals surface area contributed by atoms with Crippen LogP contribution in [0.5, 0.6) is 5.75 Å². The lowest BCUT2D eigenvalue weighted by Gasteiger charge is -2.39. The highest BCUT2D eigenvalue weighted by Gasteiger charge is 2.33. The molecule has 1 fully saturated rings. The minimum atomic E-state index is -3.49. The second-order valence-corrected chi connectivity index (χ2v) is 8.60. The molecule has 0 bridgehead atoms. The molecule has 144 valence electrons. The maximum Gasteiger partial charge on any atom is 0.308 e. The van der Waals surface area contributed by atoms with E-state index in [9.17, 15) is 13.2 Å². The lowest BCUT2D eigenvalue weighted by atomic mass is 10.1. The number of nitrogens with zero attached hydrogens (tertiary/aromatic N) is 2. The van der Waals surface area contributed by atoms with Gasteiger partial charge in [-0.05, 0) is 25.1 Å². The van der Waals surface area contributed by atoms with Crippen LogP contribution in [0, 0.1) is 0 Å². The topological polar surface area (TPSA) is 66.9 Å². The van der Waals surface area contributed by atoms with Gasteiger partial charge < -0.3 is 4.74 Å². The molecular formula is C20H24N2O4S. The Balaban J connectivity index is 1.70. The predicted molar refractivity (Wildman–Crippen MR) is 103 cm³/mol. The van der Waals surface area contributed by atoms with Gasteiger partial charge >= 0.3 is 5.97 Å². The van der Waals surface area contributed by atoms with Gasteiger partial charge in [0.2, 0.25) is 10.0 Å². The highest BCUT2D eigenvalue weighted by atomic mass is 32.2. The Kier molecular flexibility index (Phi) is 5.94. The van der Waals surface area contributed by atoms with Crippen molar-refractivity contribution < 1.29 is 17.9 Å². The Labute approximate surface area is 160 Å². The zero-order valence-corrected chi connectivity index (χ0v) is 16.4. The van der Waals surface area contributed by atoms with E-state index in [0.717, 1.165) is 5.56 Å². The minimum absolute atomic E-state index is 0.148. The second-order valence-electron chi connectivity index (χ2n) is 6.71. The van der Waals surface area contributed by atoms with Crippen molar-refractivity contribution in [1.82, 2.24) is 9.21 Å². The van der Waals surface area contributed by atoms with Crippen molar-refractivity contribution >= 4 is 16.0 Å². The fraction of sp³-hybridized carbons (Fsp3) is 0.350. The van der Waals surface area contributed by atoms with Crippen LogP contribution in [0.15, 0.2) is 59.5 Å². The van der Waals surface area contributed by atoms with E-state index in [1.54, 1.807) is 40.7 Å². The number of esters is 1. The Hall–Kier alpha value is -2.22. The van der Waals surface area contributed by atoms with E-state index < -0.39 is 10.0 Å². The Morgan fingerprint density at radius 2 is 1.74 bits per heavy atom. The van der Waals surface area contributed by atoms with E-state index in [4.69, 9.17) is 4.74 Å². The molecule has 0 spiro atoms. The summed E-state index contributed by atoms with van der Waals surface area (Å²) in [6, 6.07) is 15.8. The van der Waals surface area contributed by atoms with Gasteiger partial charge in [-0.15, -0.1) is 0 Å². The number of rotatable bonds is 5. The van der Waals surface area contributed by atoms with Crippen LogP contribution in [0.4, 0.5) is 0 Å². The molecule has 1 saturated heterocycles. The van der Waals surface area contributed by atoms with Gasteiger partial charge in [-0.3, -0.25) is 9.69 Å². The molecule has 0 amide bonds. The number of benzene rings is 2. The highest BCUT2D eigenvalue weighted by Crippen LogP contribution is 2.24. The first-order chi connectivity index (χ1) is 12.9.